The number of nitrogens with zero attached hydrogens (tertiary/aromatic N) is 7. The van der Waals surface area contributed by atoms with Gasteiger partial charge in [-0.3, -0.25) is 24.5 Å². The highest BCUT2D eigenvalue weighted by Gasteiger charge is 2.30. The molecule has 2 amide bonds. The number of nitrogens with one attached hydrogen (secondary N) is 2. The molecule has 3 aliphatic heterocycles. The third kappa shape index (κ3) is 7.67. The van der Waals surface area contributed by atoms with Crippen LogP contribution in [0.4, 0.5) is 5.69 Å². The first kappa shape index (κ1) is 35.3. The van der Waals surface area contributed by atoms with E-state index < -0.39 is 0 Å². The molecular weight excluding hydrogens is 690 g/mol. The minimum absolute atomic E-state index is 0.172. The molecule has 13 heteroatoms. The van der Waals surface area contributed by atoms with Crippen molar-refractivity contribution in [2.24, 2.45) is 13.0 Å². The van der Waals surface area contributed by atoms with Crippen molar-refractivity contribution in [3.05, 3.63) is 82.8 Å². The van der Waals surface area contributed by atoms with Crippen LogP contribution in [0.5, 0.6) is 11.5 Å². The maximum Gasteiger partial charge on any atom is 0.234 e. The number of hydrogen-bond acceptors (Lipinski definition) is 9. The van der Waals surface area contributed by atoms with Crippen LogP contribution in [0.3, 0.4) is 0 Å². The minimum atomic E-state index is -0.247. The highest BCUT2D eigenvalue weighted by molar-refractivity contribution is 6.32. The summed E-state index contributed by atoms with van der Waals surface area (Å²) in [7, 11) is 1.89. The van der Waals surface area contributed by atoms with E-state index in [4.69, 9.17) is 16.3 Å². The van der Waals surface area contributed by atoms with E-state index in [0.717, 1.165) is 75.5 Å². The van der Waals surface area contributed by atoms with Gasteiger partial charge in [-0.15, -0.1) is 0 Å². The third-order valence-electron chi connectivity index (χ3n) is 11.1. The Morgan fingerprint density at radius 2 is 1.83 bits per heavy atom. The van der Waals surface area contributed by atoms with E-state index in [-0.39, 0.29) is 17.7 Å². The molecule has 0 bridgehead atoms. The number of imide groups is 1. The number of carbonyl (C=O) groups excluding carboxylic acids is 2. The number of ether oxygens (including phenoxy) is 1. The monoisotopic (exact) mass is 735 g/mol. The number of aromatic nitrogens is 5. The fourth-order valence-electron chi connectivity index (χ4n) is 8.15. The normalized spacial score (nSPS) is 20.6. The van der Waals surface area contributed by atoms with Gasteiger partial charge < -0.3 is 19.5 Å². The Hall–Kier alpha value is -4.78. The number of imidazole rings is 1. The maximum absolute atomic E-state index is 12.4. The number of aromatic amines is 1. The zero-order valence-corrected chi connectivity index (χ0v) is 31.3. The highest BCUT2D eigenvalue weighted by Crippen LogP contribution is 2.36. The molecule has 3 aliphatic rings. The molecule has 2 N–H and O–H groups in total. The molecule has 5 aromatic rings. The van der Waals surface area contributed by atoms with Gasteiger partial charge in [0.25, 0.3) is 0 Å². The van der Waals surface area contributed by atoms with Gasteiger partial charge in [-0.25, -0.2) is 9.97 Å². The van der Waals surface area contributed by atoms with Crippen molar-refractivity contribution in [3.8, 4) is 22.9 Å². The van der Waals surface area contributed by atoms with Crippen LogP contribution in [0.2, 0.25) is 5.02 Å². The summed E-state index contributed by atoms with van der Waals surface area (Å²) in [6.07, 6.45) is 6.80. The summed E-state index contributed by atoms with van der Waals surface area (Å²) in [5, 5.41) is 7.34. The Balaban J connectivity index is 0.822. The van der Waals surface area contributed by atoms with Gasteiger partial charge >= 0.3 is 0 Å². The lowest BCUT2D eigenvalue weighted by atomic mass is 9.90. The molecule has 2 atom stereocenters. The molecule has 2 aromatic carbocycles. The van der Waals surface area contributed by atoms with Crippen LogP contribution in [0.1, 0.15) is 55.3 Å². The number of amides is 2. The molecular formula is C40H46ClN9O3. The summed E-state index contributed by atoms with van der Waals surface area (Å²) >= 11 is 6.58. The molecule has 276 valence electrons. The number of fused-ring (bicyclic) bond motifs is 1. The van der Waals surface area contributed by atoms with Crippen LogP contribution in [0.15, 0.2) is 60.9 Å². The first-order valence-corrected chi connectivity index (χ1v) is 19.0. The Labute approximate surface area is 314 Å². The van der Waals surface area contributed by atoms with Crippen molar-refractivity contribution < 1.29 is 14.3 Å². The summed E-state index contributed by atoms with van der Waals surface area (Å²) in [4.78, 5) is 44.2. The number of piperidine rings is 2. The van der Waals surface area contributed by atoms with Gasteiger partial charge in [0.1, 0.15) is 22.1 Å². The summed E-state index contributed by atoms with van der Waals surface area (Å²) in [5.74, 6) is 1.95. The molecule has 3 fully saturated rings. The number of carbonyl (C=O) groups is 2. The van der Waals surface area contributed by atoms with E-state index in [0.29, 0.717) is 58.3 Å². The van der Waals surface area contributed by atoms with Gasteiger partial charge in [0.05, 0.1) is 23.4 Å². The number of anilines is 1. The lowest BCUT2D eigenvalue weighted by Gasteiger charge is -2.42. The molecule has 3 aromatic heterocycles. The average molecular weight is 736 g/mol. The van der Waals surface area contributed by atoms with E-state index in [1.54, 1.807) is 10.9 Å². The van der Waals surface area contributed by atoms with Crippen LogP contribution in [-0.4, -0.2) is 91.7 Å². The van der Waals surface area contributed by atoms with Gasteiger partial charge in [-0.2, -0.15) is 5.10 Å². The van der Waals surface area contributed by atoms with Gasteiger partial charge in [0.15, 0.2) is 11.4 Å². The van der Waals surface area contributed by atoms with E-state index in [1.807, 2.05) is 44.4 Å². The first-order valence-electron chi connectivity index (χ1n) is 18.6. The molecule has 3 saturated heterocycles. The SMILES string of the molecule is Cc1nn(C)cc1-c1nc2ncc(Cl)c(Oc3ccc(CN4CCN(CC5CCN(c6cccc([C@H]7CCC(=O)NC7=O)c6)CC5)C[C@@H]4C)cc3)c2[nH]1. The van der Waals surface area contributed by atoms with Gasteiger partial charge in [0.2, 0.25) is 11.8 Å². The zero-order chi connectivity index (χ0) is 36.6. The molecule has 0 saturated carbocycles. The number of rotatable bonds is 9. The summed E-state index contributed by atoms with van der Waals surface area (Å²) < 4.78 is 8.08. The predicted molar refractivity (Wildman–Crippen MR) is 205 cm³/mol. The molecule has 0 spiro atoms. The molecule has 0 radical (unpaired) electrons. The zero-order valence-electron chi connectivity index (χ0n) is 30.5. The van der Waals surface area contributed by atoms with E-state index in [1.165, 1.54) is 11.3 Å². The van der Waals surface area contributed by atoms with Crippen molar-refractivity contribution in [2.75, 3.05) is 44.2 Å². The van der Waals surface area contributed by atoms with Crippen molar-refractivity contribution in [1.82, 2.24) is 39.8 Å². The topological polar surface area (TPSA) is 125 Å². The Morgan fingerprint density at radius 3 is 2.57 bits per heavy atom. The van der Waals surface area contributed by atoms with Crippen LogP contribution < -0.4 is 15.0 Å². The van der Waals surface area contributed by atoms with E-state index in [9.17, 15) is 9.59 Å². The number of benzene rings is 2. The molecule has 0 aliphatic carbocycles. The summed E-state index contributed by atoms with van der Waals surface area (Å²) in [6.45, 7) is 11.5. The maximum atomic E-state index is 12.4. The van der Waals surface area contributed by atoms with Crippen LogP contribution in [-0.2, 0) is 23.2 Å². The second-order valence-electron chi connectivity index (χ2n) is 14.9. The van der Waals surface area contributed by atoms with Crippen molar-refractivity contribution in [1.29, 1.82) is 0 Å². The second kappa shape index (κ2) is 14.9. The standard InChI is InChI=1S/C40H46ClN9O3/c1-25-21-48(22-28-13-15-49(16-14-28)30-6-4-5-29(19-30)32-11-12-35(51)43-40(32)52)17-18-50(25)23-27-7-9-31(10-8-27)53-37-34(41)20-42-39-36(37)44-38(45-39)33-24-47(3)46-26(33)2/h4-10,19-20,24-25,28,32H,11-18,21-23H2,1-3H3,(H,42,44,45)(H,43,51,52)/t25-,32+/m0/s1. The number of aryl methyl sites for hydroxylation is 2. The largest absolute Gasteiger partial charge is 0.453 e. The summed E-state index contributed by atoms with van der Waals surface area (Å²) in [6, 6.07) is 17.1. The molecule has 8 rings (SSSR count). The number of halogens is 1. The molecule has 53 heavy (non-hydrogen) atoms. The van der Waals surface area contributed by atoms with Crippen LogP contribution in [0, 0.1) is 12.8 Å². The lowest BCUT2D eigenvalue weighted by molar-refractivity contribution is -0.134. The Bertz CT molecular complexity index is 2120. The Morgan fingerprint density at radius 1 is 1.02 bits per heavy atom. The van der Waals surface area contributed by atoms with Gasteiger partial charge in [-0.1, -0.05) is 35.9 Å². The molecule has 6 heterocycles. The number of pyridine rings is 1. The quantitative estimate of drug-likeness (QED) is 0.174. The van der Waals surface area contributed by atoms with Crippen LogP contribution >= 0.6 is 11.6 Å². The summed E-state index contributed by atoms with van der Waals surface area (Å²) in [5.41, 5.74) is 6.38. The van der Waals surface area contributed by atoms with Crippen molar-refractivity contribution in [3.63, 3.8) is 0 Å². The lowest BCUT2D eigenvalue weighted by Crippen LogP contribution is -2.52. The van der Waals surface area contributed by atoms with E-state index >= 15 is 0 Å². The van der Waals surface area contributed by atoms with Crippen molar-refractivity contribution >= 4 is 40.3 Å². The fourth-order valence-corrected chi connectivity index (χ4v) is 8.33. The number of hydrogen-bond donors (Lipinski definition) is 2. The van der Waals surface area contributed by atoms with E-state index in [2.05, 4.69) is 71.3 Å². The third-order valence-corrected chi connectivity index (χ3v) is 11.4. The minimum Gasteiger partial charge on any atom is -0.453 e. The number of piperazine rings is 1. The molecule has 12 nitrogen and oxygen atoms in total. The fraction of sp³-hybridized carbons (Fsp3) is 0.425. The predicted octanol–water partition coefficient (Wildman–Crippen LogP) is 6.06. The number of H-pyrrole nitrogens is 1. The smallest absolute Gasteiger partial charge is 0.234 e. The second-order valence-corrected chi connectivity index (χ2v) is 15.3. The van der Waals surface area contributed by atoms with Gasteiger partial charge in [-0.05, 0) is 74.4 Å². The molecule has 0 unspecified atom stereocenters. The van der Waals surface area contributed by atoms with Crippen LogP contribution in [0.25, 0.3) is 22.6 Å². The first-order chi connectivity index (χ1) is 25.7. The Kier molecular flexibility index (Phi) is 9.93. The van der Waals surface area contributed by atoms with Crippen molar-refractivity contribution in [2.45, 2.75) is 58.0 Å². The van der Waals surface area contributed by atoms with Gasteiger partial charge in [0, 0.05) is 77.2 Å². The highest BCUT2D eigenvalue weighted by atomic mass is 35.5. The average Bonchev–Trinajstić information content (AvgIpc) is 3.73.